The summed E-state index contributed by atoms with van der Waals surface area (Å²) in [6.45, 7) is 4.69. The lowest BCUT2D eigenvalue weighted by Gasteiger charge is -2.28. The lowest BCUT2D eigenvalue weighted by Crippen LogP contribution is -2.36. The van der Waals surface area contributed by atoms with Gasteiger partial charge in [-0.1, -0.05) is 0 Å². The van der Waals surface area contributed by atoms with Gasteiger partial charge in [-0.05, 0) is 62.3 Å². The topological polar surface area (TPSA) is 71.5 Å². The molecule has 5 rings (SSSR count). The van der Waals surface area contributed by atoms with Gasteiger partial charge in [-0.25, -0.2) is 9.97 Å². The maximum Gasteiger partial charge on any atom is 0.417 e. The van der Waals surface area contributed by atoms with Gasteiger partial charge in [-0.3, -0.25) is 0 Å². The highest BCUT2D eigenvalue weighted by molar-refractivity contribution is 5.88. The van der Waals surface area contributed by atoms with Crippen molar-refractivity contribution in [3.63, 3.8) is 0 Å². The number of morpholine rings is 1. The Labute approximate surface area is 195 Å². The SMILES string of the molecule is FC(F)(F)c1ccc(OC2CCNCC2)c2nc(Nc3ccc(N4CCOCC4)cc3)ncc12. The molecule has 2 aliphatic rings. The van der Waals surface area contributed by atoms with Gasteiger partial charge in [-0.2, -0.15) is 13.2 Å². The Kier molecular flexibility index (Phi) is 6.42. The molecule has 0 radical (unpaired) electrons. The van der Waals surface area contributed by atoms with Crippen molar-refractivity contribution in [3.05, 3.63) is 48.2 Å². The van der Waals surface area contributed by atoms with E-state index in [1.165, 1.54) is 12.3 Å². The van der Waals surface area contributed by atoms with E-state index in [2.05, 4.69) is 25.5 Å². The van der Waals surface area contributed by atoms with Crippen molar-refractivity contribution in [1.29, 1.82) is 0 Å². The van der Waals surface area contributed by atoms with Gasteiger partial charge in [0.25, 0.3) is 0 Å². The molecule has 0 unspecified atom stereocenters. The molecule has 10 heteroatoms. The largest absolute Gasteiger partial charge is 0.488 e. The van der Waals surface area contributed by atoms with Crippen LogP contribution in [0.2, 0.25) is 0 Å². The summed E-state index contributed by atoms with van der Waals surface area (Å²) in [4.78, 5) is 10.8. The molecule has 34 heavy (non-hydrogen) atoms. The summed E-state index contributed by atoms with van der Waals surface area (Å²) in [6.07, 6.45) is -1.80. The average molecular weight is 473 g/mol. The van der Waals surface area contributed by atoms with Crippen LogP contribution in [0.4, 0.5) is 30.5 Å². The normalized spacial score (nSPS) is 17.7. The predicted octanol–water partition coefficient (Wildman–Crippen LogP) is 4.36. The standard InChI is InChI=1S/C24H26F3N5O2/c25-24(26,27)20-5-6-21(34-18-7-9-28-10-8-18)22-19(20)15-29-23(31-22)30-16-1-3-17(4-2-16)32-11-13-33-14-12-32/h1-6,15,18,28H,7-14H2,(H,29,30,31). The third-order valence-electron chi connectivity index (χ3n) is 6.10. The zero-order valence-electron chi connectivity index (χ0n) is 18.6. The summed E-state index contributed by atoms with van der Waals surface area (Å²) in [7, 11) is 0. The molecule has 0 atom stereocenters. The number of ether oxygens (including phenoxy) is 2. The van der Waals surface area contributed by atoms with Crippen LogP contribution in [-0.2, 0) is 10.9 Å². The number of benzene rings is 2. The summed E-state index contributed by atoms with van der Waals surface area (Å²) in [5, 5.41) is 6.28. The molecule has 0 aliphatic carbocycles. The molecule has 180 valence electrons. The molecule has 3 aromatic rings. The zero-order valence-corrected chi connectivity index (χ0v) is 18.6. The molecule has 2 N–H and O–H groups in total. The number of fused-ring (bicyclic) bond motifs is 1. The van der Waals surface area contributed by atoms with Crippen LogP contribution in [0.5, 0.6) is 5.75 Å². The number of rotatable bonds is 5. The van der Waals surface area contributed by atoms with E-state index in [0.29, 0.717) is 19.0 Å². The highest BCUT2D eigenvalue weighted by Gasteiger charge is 2.34. The molecule has 0 spiro atoms. The van der Waals surface area contributed by atoms with E-state index in [4.69, 9.17) is 9.47 Å². The summed E-state index contributed by atoms with van der Waals surface area (Å²) >= 11 is 0. The third-order valence-corrected chi connectivity index (χ3v) is 6.10. The van der Waals surface area contributed by atoms with E-state index >= 15 is 0 Å². The number of aromatic nitrogens is 2. The van der Waals surface area contributed by atoms with Crippen molar-refractivity contribution in [2.75, 3.05) is 49.6 Å². The van der Waals surface area contributed by atoms with Crippen molar-refractivity contribution >= 4 is 28.2 Å². The first-order valence-electron chi connectivity index (χ1n) is 11.4. The molecule has 0 saturated carbocycles. The number of hydrogen-bond donors (Lipinski definition) is 2. The van der Waals surface area contributed by atoms with Crippen LogP contribution in [0.15, 0.2) is 42.6 Å². The number of hydrogen-bond acceptors (Lipinski definition) is 7. The predicted molar refractivity (Wildman–Crippen MR) is 124 cm³/mol. The monoisotopic (exact) mass is 473 g/mol. The van der Waals surface area contributed by atoms with E-state index < -0.39 is 11.7 Å². The average Bonchev–Trinajstić information content (AvgIpc) is 2.85. The summed E-state index contributed by atoms with van der Waals surface area (Å²) in [5.41, 5.74) is 1.20. The second kappa shape index (κ2) is 9.63. The van der Waals surface area contributed by atoms with E-state index in [-0.39, 0.29) is 23.0 Å². The van der Waals surface area contributed by atoms with Gasteiger partial charge in [0.05, 0.1) is 18.8 Å². The number of alkyl halides is 3. The number of piperidine rings is 1. The lowest BCUT2D eigenvalue weighted by molar-refractivity contribution is -0.136. The first kappa shape index (κ1) is 22.7. The Morgan fingerprint density at radius 1 is 1.03 bits per heavy atom. The van der Waals surface area contributed by atoms with Gasteiger partial charge < -0.3 is 25.0 Å². The lowest BCUT2D eigenvalue weighted by atomic mass is 10.1. The fourth-order valence-electron chi connectivity index (χ4n) is 4.30. The summed E-state index contributed by atoms with van der Waals surface area (Å²) < 4.78 is 52.3. The van der Waals surface area contributed by atoms with Crippen LogP contribution in [-0.4, -0.2) is 55.5 Å². The Bertz CT molecular complexity index is 1130. The minimum Gasteiger partial charge on any atom is -0.488 e. The second-order valence-electron chi connectivity index (χ2n) is 8.40. The molecule has 2 fully saturated rings. The van der Waals surface area contributed by atoms with Gasteiger partial charge in [0.1, 0.15) is 17.4 Å². The number of halogens is 3. The fraction of sp³-hybridized carbons (Fsp3) is 0.417. The number of anilines is 3. The Hall–Kier alpha value is -3.11. The van der Waals surface area contributed by atoms with Crippen molar-refractivity contribution in [1.82, 2.24) is 15.3 Å². The van der Waals surface area contributed by atoms with Crippen LogP contribution in [0.25, 0.3) is 10.9 Å². The van der Waals surface area contributed by atoms with Crippen molar-refractivity contribution in [2.24, 2.45) is 0 Å². The maximum absolute atomic E-state index is 13.6. The molecule has 1 aromatic heterocycles. The van der Waals surface area contributed by atoms with Gasteiger partial charge in [0.2, 0.25) is 5.95 Å². The molecule has 7 nitrogen and oxygen atoms in total. The van der Waals surface area contributed by atoms with Crippen molar-refractivity contribution in [3.8, 4) is 5.75 Å². The van der Waals surface area contributed by atoms with Crippen LogP contribution < -0.4 is 20.3 Å². The Morgan fingerprint density at radius 2 is 1.76 bits per heavy atom. The smallest absolute Gasteiger partial charge is 0.417 e. The maximum atomic E-state index is 13.6. The quantitative estimate of drug-likeness (QED) is 0.571. The molecule has 2 aliphatic heterocycles. The van der Waals surface area contributed by atoms with Gasteiger partial charge in [-0.15, -0.1) is 0 Å². The van der Waals surface area contributed by atoms with Gasteiger partial charge >= 0.3 is 6.18 Å². The molecule has 2 aromatic carbocycles. The first-order chi connectivity index (χ1) is 16.5. The van der Waals surface area contributed by atoms with E-state index in [1.54, 1.807) is 0 Å². The van der Waals surface area contributed by atoms with E-state index in [0.717, 1.165) is 56.5 Å². The van der Waals surface area contributed by atoms with Gasteiger partial charge in [0.15, 0.2) is 0 Å². The van der Waals surface area contributed by atoms with Crippen molar-refractivity contribution < 1.29 is 22.6 Å². The molecule has 2 saturated heterocycles. The highest BCUT2D eigenvalue weighted by atomic mass is 19.4. The number of nitrogens with one attached hydrogen (secondary N) is 2. The van der Waals surface area contributed by atoms with Gasteiger partial charge in [0, 0.05) is 36.0 Å². The molecule has 0 amide bonds. The van der Waals surface area contributed by atoms with Crippen LogP contribution >= 0.6 is 0 Å². The molecular formula is C24H26F3N5O2. The van der Waals surface area contributed by atoms with Crippen LogP contribution in [0.3, 0.4) is 0 Å². The minimum absolute atomic E-state index is 0.0692. The Balaban J connectivity index is 1.42. The molecular weight excluding hydrogens is 447 g/mol. The van der Waals surface area contributed by atoms with Crippen LogP contribution in [0, 0.1) is 0 Å². The summed E-state index contributed by atoms with van der Waals surface area (Å²) in [6, 6.07) is 10.2. The minimum atomic E-state index is -4.51. The molecule has 3 heterocycles. The van der Waals surface area contributed by atoms with E-state index in [1.807, 2.05) is 24.3 Å². The summed E-state index contributed by atoms with van der Waals surface area (Å²) in [5.74, 6) is 0.545. The Morgan fingerprint density at radius 3 is 2.47 bits per heavy atom. The van der Waals surface area contributed by atoms with Crippen molar-refractivity contribution in [2.45, 2.75) is 25.1 Å². The van der Waals surface area contributed by atoms with E-state index in [9.17, 15) is 13.2 Å². The molecule has 0 bridgehead atoms. The first-order valence-corrected chi connectivity index (χ1v) is 11.4. The third kappa shape index (κ3) is 5.02. The number of nitrogens with zero attached hydrogens (tertiary/aromatic N) is 3. The zero-order chi connectivity index (χ0) is 23.5. The van der Waals surface area contributed by atoms with Crippen LogP contribution in [0.1, 0.15) is 18.4 Å². The fourth-order valence-corrected chi connectivity index (χ4v) is 4.30. The highest BCUT2D eigenvalue weighted by Crippen LogP contribution is 2.38. The second-order valence-corrected chi connectivity index (χ2v) is 8.40.